The third kappa shape index (κ3) is 1.68. The van der Waals surface area contributed by atoms with Gasteiger partial charge in [0, 0.05) is 12.1 Å². The van der Waals surface area contributed by atoms with Gasteiger partial charge in [0.1, 0.15) is 0 Å². The molecule has 0 unspecified atom stereocenters. The summed E-state index contributed by atoms with van der Waals surface area (Å²) in [6.07, 6.45) is 8.71. The van der Waals surface area contributed by atoms with E-state index in [1.54, 1.807) is 0 Å². The average Bonchev–Trinajstić information content (AvgIpc) is 2.37. The molecule has 2 nitrogen and oxygen atoms in total. The molecule has 0 aromatic rings. The summed E-state index contributed by atoms with van der Waals surface area (Å²) in [6.45, 7) is 7.97. The Hall–Kier alpha value is -0.0800. The summed E-state index contributed by atoms with van der Waals surface area (Å²) in [5.74, 6) is 3.91. The number of rotatable bonds is 5. The molecule has 4 rings (SSSR count). The maximum atomic E-state index is 6.35. The second-order valence-corrected chi connectivity index (χ2v) is 7.08. The fraction of sp³-hybridized carbons (Fsp3) is 1.00. The van der Waals surface area contributed by atoms with E-state index < -0.39 is 0 Å². The van der Waals surface area contributed by atoms with Gasteiger partial charge in [-0.05, 0) is 75.3 Å². The highest BCUT2D eigenvalue weighted by atomic mass is 15.2. The molecule has 0 spiro atoms. The van der Waals surface area contributed by atoms with Crippen LogP contribution in [-0.2, 0) is 0 Å². The molecular formula is C16H30N2. The second-order valence-electron chi connectivity index (χ2n) is 7.08. The smallest absolute Gasteiger partial charge is 0.0388 e. The number of nitrogens with zero attached hydrogens (tertiary/aromatic N) is 1. The van der Waals surface area contributed by atoms with Crippen LogP contribution in [0.15, 0.2) is 0 Å². The Labute approximate surface area is 112 Å². The van der Waals surface area contributed by atoms with Crippen LogP contribution in [0.4, 0.5) is 0 Å². The predicted molar refractivity (Wildman–Crippen MR) is 76.4 cm³/mol. The summed E-state index contributed by atoms with van der Waals surface area (Å²) < 4.78 is 0. The summed E-state index contributed by atoms with van der Waals surface area (Å²) in [7, 11) is 0. The third-order valence-corrected chi connectivity index (χ3v) is 6.34. The lowest BCUT2D eigenvalue weighted by Crippen LogP contribution is -2.69. The molecule has 2 heteroatoms. The average molecular weight is 250 g/mol. The van der Waals surface area contributed by atoms with Gasteiger partial charge in [-0.15, -0.1) is 0 Å². The van der Waals surface area contributed by atoms with E-state index in [9.17, 15) is 0 Å². The van der Waals surface area contributed by atoms with Gasteiger partial charge in [-0.1, -0.05) is 13.8 Å². The fourth-order valence-electron chi connectivity index (χ4n) is 5.91. The van der Waals surface area contributed by atoms with Gasteiger partial charge in [0.2, 0.25) is 0 Å². The highest BCUT2D eigenvalue weighted by molar-refractivity contribution is 5.12. The van der Waals surface area contributed by atoms with Gasteiger partial charge >= 0.3 is 0 Å². The van der Waals surface area contributed by atoms with Crippen LogP contribution in [0.2, 0.25) is 0 Å². The summed E-state index contributed by atoms with van der Waals surface area (Å²) in [4.78, 5) is 2.76. The van der Waals surface area contributed by atoms with E-state index in [1.807, 2.05) is 0 Å². The molecule has 0 aromatic heterocycles. The Bertz CT molecular complexity index is 266. The minimum atomic E-state index is 0.373. The summed E-state index contributed by atoms with van der Waals surface area (Å²) in [5.41, 5.74) is 6.73. The molecule has 18 heavy (non-hydrogen) atoms. The van der Waals surface area contributed by atoms with Crippen LogP contribution < -0.4 is 5.73 Å². The van der Waals surface area contributed by atoms with E-state index in [-0.39, 0.29) is 0 Å². The van der Waals surface area contributed by atoms with E-state index in [0.29, 0.717) is 5.54 Å². The van der Waals surface area contributed by atoms with Crippen LogP contribution in [0, 0.1) is 23.7 Å². The first-order valence-electron chi connectivity index (χ1n) is 8.19. The van der Waals surface area contributed by atoms with Crippen molar-refractivity contribution in [3.8, 4) is 0 Å². The number of hydrogen-bond acceptors (Lipinski definition) is 2. The Balaban J connectivity index is 1.90. The molecule has 0 aromatic carbocycles. The van der Waals surface area contributed by atoms with Gasteiger partial charge in [-0.25, -0.2) is 0 Å². The summed E-state index contributed by atoms with van der Waals surface area (Å²) >= 11 is 0. The molecule has 0 amide bonds. The molecule has 4 aliphatic rings. The van der Waals surface area contributed by atoms with Crippen molar-refractivity contribution in [3.63, 3.8) is 0 Å². The Morgan fingerprint density at radius 1 is 1.00 bits per heavy atom. The van der Waals surface area contributed by atoms with Crippen molar-refractivity contribution in [2.24, 2.45) is 29.4 Å². The van der Waals surface area contributed by atoms with E-state index in [1.165, 1.54) is 51.6 Å². The highest BCUT2D eigenvalue weighted by Crippen LogP contribution is 2.59. The van der Waals surface area contributed by atoms with Gasteiger partial charge in [0.25, 0.3) is 0 Å². The maximum absolute atomic E-state index is 6.35. The zero-order valence-corrected chi connectivity index (χ0v) is 12.2. The minimum Gasteiger partial charge on any atom is -0.329 e. The van der Waals surface area contributed by atoms with E-state index in [0.717, 1.165) is 30.2 Å². The van der Waals surface area contributed by atoms with Crippen molar-refractivity contribution in [2.45, 2.75) is 57.9 Å². The molecule has 104 valence electrons. The van der Waals surface area contributed by atoms with Crippen molar-refractivity contribution < 1.29 is 0 Å². The first-order valence-corrected chi connectivity index (χ1v) is 8.19. The molecule has 4 aliphatic carbocycles. The zero-order valence-electron chi connectivity index (χ0n) is 12.2. The molecular weight excluding hydrogens is 220 g/mol. The van der Waals surface area contributed by atoms with Crippen LogP contribution >= 0.6 is 0 Å². The molecule has 0 radical (unpaired) electrons. The van der Waals surface area contributed by atoms with Crippen molar-refractivity contribution in [1.29, 1.82) is 0 Å². The Morgan fingerprint density at radius 3 is 1.94 bits per heavy atom. The molecule has 4 fully saturated rings. The summed E-state index contributed by atoms with van der Waals surface area (Å²) in [5, 5.41) is 0. The van der Waals surface area contributed by atoms with Gasteiger partial charge in [-0.2, -0.15) is 0 Å². The first kappa shape index (κ1) is 12.9. The van der Waals surface area contributed by atoms with Crippen molar-refractivity contribution >= 4 is 0 Å². The van der Waals surface area contributed by atoms with Crippen LogP contribution in [0.5, 0.6) is 0 Å². The number of hydrogen-bond donors (Lipinski definition) is 1. The lowest BCUT2D eigenvalue weighted by atomic mass is 9.48. The molecule has 0 heterocycles. The van der Waals surface area contributed by atoms with Gasteiger partial charge < -0.3 is 5.73 Å². The Kier molecular flexibility index (Phi) is 3.44. The van der Waals surface area contributed by atoms with E-state index in [4.69, 9.17) is 5.73 Å². The summed E-state index contributed by atoms with van der Waals surface area (Å²) in [6, 6.07) is 0. The molecule has 0 atom stereocenters. The zero-order chi connectivity index (χ0) is 12.8. The van der Waals surface area contributed by atoms with Gasteiger partial charge in [0.15, 0.2) is 0 Å². The minimum absolute atomic E-state index is 0.373. The molecule has 0 aliphatic heterocycles. The predicted octanol–water partition coefficient (Wildman–Crippen LogP) is 2.87. The van der Waals surface area contributed by atoms with Crippen molar-refractivity contribution in [3.05, 3.63) is 0 Å². The van der Waals surface area contributed by atoms with Crippen LogP contribution in [-0.4, -0.2) is 30.1 Å². The number of nitrogens with two attached hydrogens (primary N) is 1. The second kappa shape index (κ2) is 4.79. The third-order valence-electron chi connectivity index (χ3n) is 6.34. The molecule has 0 saturated heterocycles. The van der Waals surface area contributed by atoms with Gasteiger partial charge in [-0.3, -0.25) is 4.90 Å². The molecule has 2 N–H and O–H groups in total. The SMILES string of the molecule is CCCN(CC)C1(CN)C2CC3CC(C2)CC1C3. The molecule has 4 saturated carbocycles. The van der Waals surface area contributed by atoms with Crippen molar-refractivity contribution in [2.75, 3.05) is 19.6 Å². The standard InChI is InChI=1S/C16H30N2/c1-3-5-18(4-2)16(11-17)14-7-12-6-13(9-14)10-15(16)8-12/h12-15H,3-11,17H2,1-2H3. The highest BCUT2D eigenvalue weighted by Gasteiger charge is 2.58. The molecule has 4 bridgehead atoms. The lowest BCUT2D eigenvalue weighted by molar-refractivity contribution is -0.130. The monoisotopic (exact) mass is 250 g/mol. The lowest BCUT2D eigenvalue weighted by Gasteiger charge is -2.64. The van der Waals surface area contributed by atoms with Crippen LogP contribution in [0.1, 0.15) is 52.4 Å². The number of likely N-dealkylation sites (N-methyl/N-ethyl adjacent to an activating group) is 1. The van der Waals surface area contributed by atoms with Gasteiger partial charge in [0.05, 0.1) is 0 Å². The fourth-order valence-corrected chi connectivity index (χ4v) is 5.91. The first-order chi connectivity index (χ1) is 8.74. The van der Waals surface area contributed by atoms with Crippen molar-refractivity contribution in [1.82, 2.24) is 4.90 Å². The van der Waals surface area contributed by atoms with Crippen LogP contribution in [0.3, 0.4) is 0 Å². The Morgan fingerprint density at radius 2 is 1.56 bits per heavy atom. The maximum Gasteiger partial charge on any atom is 0.0388 e. The van der Waals surface area contributed by atoms with E-state index >= 15 is 0 Å². The van der Waals surface area contributed by atoms with Crippen LogP contribution in [0.25, 0.3) is 0 Å². The topological polar surface area (TPSA) is 29.3 Å². The quantitative estimate of drug-likeness (QED) is 0.813. The normalized spacial score (nSPS) is 46.0. The largest absolute Gasteiger partial charge is 0.329 e. The van der Waals surface area contributed by atoms with E-state index in [2.05, 4.69) is 18.7 Å².